The van der Waals surface area contributed by atoms with Crippen LogP contribution in [0.1, 0.15) is 40.1 Å². The molecule has 1 amide bonds. The van der Waals surface area contributed by atoms with Gasteiger partial charge in [-0.3, -0.25) is 4.79 Å². The number of nitrogens with one attached hydrogen (secondary N) is 1. The molecule has 28 heavy (non-hydrogen) atoms. The number of carbonyl (C=O) groups is 1. The van der Waals surface area contributed by atoms with Crippen molar-refractivity contribution >= 4 is 17.2 Å². The monoisotopic (exact) mass is 394 g/mol. The molecule has 7 nitrogen and oxygen atoms in total. The van der Waals surface area contributed by atoms with Crippen LogP contribution < -0.4 is 5.32 Å². The zero-order chi connectivity index (χ0) is 18.9. The average molecular weight is 395 g/mol. The average Bonchev–Trinajstić information content (AvgIpc) is 3.42. The number of likely N-dealkylation sites (tertiary alicyclic amines) is 1. The molecule has 0 unspecified atom stereocenters. The van der Waals surface area contributed by atoms with Gasteiger partial charge in [0.2, 0.25) is 0 Å². The Kier molecular flexibility index (Phi) is 4.66. The van der Waals surface area contributed by atoms with E-state index < -0.39 is 0 Å². The van der Waals surface area contributed by atoms with E-state index in [-0.39, 0.29) is 5.91 Å². The zero-order valence-corrected chi connectivity index (χ0v) is 16.4. The summed E-state index contributed by atoms with van der Waals surface area (Å²) in [7, 11) is 0. The molecule has 0 atom stereocenters. The second-order valence-corrected chi connectivity index (χ2v) is 8.30. The molecule has 8 heteroatoms. The van der Waals surface area contributed by atoms with E-state index in [1.165, 1.54) is 11.3 Å². The van der Waals surface area contributed by atoms with Gasteiger partial charge in [-0.2, -0.15) is 0 Å². The lowest BCUT2D eigenvalue weighted by molar-refractivity contribution is 0.0714. The Hall–Kier alpha value is -2.58. The highest BCUT2D eigenvalue weighted by Gasteiger charge is 2.29. The third-order valence-electron chi connectivity index (χ3n) is 5.54. The molecule has 1 fully saturated rings. The van der Waals surface area contributed by atoms with E-state index in [0.717, 1.165) is 67.8 Å². The van der Waals surface area contributed by atoms with Gasteiger partial charge in [0.25, 0.3) is 5.91 Å². The maximum atomic E-state index is 12.9. The number of amides is 1. The summed E-state index contributed by atoms with van der Waals surface area (Å²) in [5.41, 5.74) is 1.05. The fourth-order valence-electron chi connectivity index (χ4n) is 4.00. The van der Waals surface area contributed by atoms with Gasteiger partial charge < -0.3 is 14.8 Å². The van der Waals surface area contributed by atoms with Crippen LogP contribution in [0.3, 0.4) is 0 Å². The first kappa shape index (κ1) is 17.5. The fourth-order valence-corrected chi connectivity index (χ4v) is 4.89. The van der Waals surface area contributed by atoms with E-state index in [2.05, 4.69) is 25.1 Å². The number of hydrogen-bond acceptors (Lipinski definition) is 6. The molecule has 2 aliphatic rings. The van der Waals surface area contributed by atoms with Gasteiger partial charge in [-0.25, -0.2) is 4.98 Å². The van der Waals surface area contributed by atoms with Crippen molar-refractivity contribution in [1.29, 1.82) is 0 Å². The third kappa shape index (κ3) is 3.22. The van der Waals surface area contributed by atoms with Crippen LogP contribution in [0.15, 0.2) is 36.5 Å². The molecule has 0 saturated carbocycles. The second-order valence-electron chi connectivity index (χ2n) is 7.27. The lowest BCUT2D eigenvalue weighted by atomic mass is 9.95. The molecule has 4 heterocycles. The number of aromatic nitrogens is 4. The summed E-state index contributed by atoms with van der Waals surface area (Å²) in [5, 5.41) is 13.0. The second kappa shape index (κ2) is 7.44. The number of nitrogens with zero attached hydrogens (tertiary/aromatic N) is 5. The van der Waals surface area contributed by atoms with E-state index in [0.29, 0.717) is 10.8 Å². The quantitative estimate of drug-likeness (QED) is 0.739. The van der Waals surface area contributed by atoms with Crippen LogP contribution in [0.4, 0.5) is 0 Å². The standard InChI is InChI=1S/C20H22N6OS/c27-20(16-12-22-19(28-16)15-4-2-1-3-5-15)25-9-6-14(7-10-25)18-24-23-17-13-21-8-11-26(17)18/h1-5,12,14,21H,6-11,13H2. The van der Waals surface area contributed by atoms with Crippen LogP contribution >= 0.6 is 11.3 Å². The molecule has 0 aliphatic carbocycles. The number of fused-ring (bicyclic) bond motifs is 1. The highest BCUT2D eigenvalue weighted by atomic mass is 32.1. The summed E-state index contributed by atoms with van der Waals surface area (Å²) in [6.45, 7) is 4.19. The Morgan fingerprint density at radius 3 is 2.75 bits per heavy atom. The number of carbonyl (C=O) groups excluding carboxylic acids is 1. The zero-order valence-electron chi connectivity index (χ0n) is 15.5. The summed E-state index contributed by atoms with van der Waals surface area (Å²) >= 11 is 1.47. The first-order chi connectivity index (χ1) is 13.8. The van der Waals surface area contributed by atoms with Crippen molar-refractivity contribution in [3.05, 3.63) is 53.1 Å². The minimum atomic E-state index is 0.0885. The van der Waals surface area contributed by atoms with Crippen molar-refractivity contribution in [2.75, 3.05) is 19.6 Å². The minimum Gasteiger partial charge on any atom is -0.338 e. The Bertz CT molecular complexity index is 974. The van der Waals surface area contributed by atoms with Gasteiger partial charge in [-0.1, -0.05) is 30.3 Å². The SMILES string of the molecule is O=C(c1cnc(-c2ccccc2)s1)N1CCC(c2nnc3n2CCNC3)CC1. The van der Waals surface area contributed by atoms with Gasteiger partial charge in [0, 0.05) is 37.7 Å². The lowest BCUT2D eigenvalue weighted by Gasteiger charge is -2.31. The topological polar surface area (TPSA) is 75.9 Å². The van der Waals surface area contributed by atoms with Gasteiger partial charge in [0.15, 0.2) is 0 Å². The summed E-state index contributed by atoms with van der Waals surface area (Å²) in [5.74, 6) is 2.58. The Balaban J connectivity index is 1.25. The van der Waals surface area contributed by atoms with E-state index in [1.54, 1.807) is 6.20 Å². The molecule has 2 aromatic heterocycles. The summed E-state index contributed by atoms with van der Waals surface area (Å²) in [4.78, 5) is 20.0. The van der Waals surface area contributed by atoms with Crippen molar-refractivity contribution in [2.45, 2.75) is 31.8 Å². The molecule has 1 aromatic carbocycles. The highest BCUT2D eigenvalue weighted by molar-refractivity contribution is 7.16. The normalized spacial score (nSPS) is 17.5. The molecule has 0 radical (unpaired) electrons. The molecule has 2 aliphatic heterocycles. The molecule has 3 aromatic rings. The Morgan fingerprint density at radius 2 is 1.93 bits per heavy atom. The van der Waals surface area contributed by atoms with Crippen molar-refractivity contribution < 1.29 is 4.79 Å². The van der Waals surface area contributed by atoms with Gasteiger partial charge >= 0.3 is 0 Å². The molecule has 144 valence electrons. The van der Waals surface area contributed by atoms with Gasteiger partial charge in [0.05, 0.1) is 12.7 Å². The van der Waals surface area contributed by atoms with Crippen molar-refractivity contribution in [1.82, 2.24) is 30.0 Å². The number of thiazole rings is 1. The van der Waals surface area contributed by atoms with Crippen LogP contribution in [-0.2, 0) is 13.1 Å². The van der Waals surface area contributed by atoms with E-state index in [4.69, 9.17) is 0 Å². The van der Waals surface area contributed by atoms with E-state index >= 15 is 0 Å². The first-order valence-corrected chi connectivity index (χ1v) is 10.5. The van der Waals surface area contributed by atoms with Gasteiger partial charge in [-0.15, -0.1) is 21.5 Å². The molecule has 0 spiro atoms. The molecular weight excluding hydrogens is 372 g/mol. The number of rotatable bonds is 3. The van der Waals surface area contributed by atoms with E-state index in [9.17, 15) is 4.79 Å². The number of hydrogen-bond donors (Lipinski definition) is 1. The van der Waals surface area contributed by atoms with Gasteiger partial charge in [-0.05, 0) is 12.8 Å². The summed E-state index contributed by atoms with van der Waals surface area (Å²) in [6.07, 6.45) is 3.58. The van der Waals surface area contributed by atoms with Crippen LogP contribution in [0.5, 0.6) is 0 Å². The predicted octanol–water partition coefficient (Wildman–Crippen LogP) is 2.52. The number of piperidine rings is 1. The maximum Gasteiger partial charge on any atom is 0.265 e. The smallest absolute Gasteiger partial charge is 0.265 e. The molecule has 1 saturated heterocycles. The maximum absolute atomic E-state index is 12.9. The highest BCUT2D eigenvalue weighted by Crippen LogP contribution is 2.30. The van der Waals surface area contributed by atoms with Gasteiger partial charge in [0.1, 0.15) is 21.5 Å². The molecule has 5 rings (SSSR count). The largest absolute Gasteiger partial charge is 0.338 e. The molecule has 0 bridgehead atoms. The van der Waals surface area contributed by atoms with Crippen LogP contribution in [0.25, 0.3) is 10.6 Å². The number of benzene rings is 1. The predicted molar refractivity (Wildman–Crippen MR) is 107 cm³/mol. The Labute approximate surface area is 167 Å². The molecular formula is C20H22N6OS. The lowest BCUT2D eigenvalue weighted by Crippen LogP contribution is -2.38. The van der Waals surface area contributed by atoms with Crippen LogP contribution in [0.2, 0.25) is 0 Å². The van der Waals surface area contributed by atoms with E-state index in [1.807, 2.05) is 35.2 Å². The Morgan fingerprint density at radius 1 is 1.11 bits per heavy atom. The third-order valence-corrected chi connectivity index (χ3v) is 6.57. The van der Waals surface area contributed by atoms with Crippen molar-refractivity contribution in [3.63, 3.8) is 0 Å². The van der Waals surface area contributed by atoms with Crippen molar-refractivity contribution in [2.24, 2.45) is 0 Å². The molecule has 1 N–H and O–H groups in total. The van der Waals surface area contributed by atoms with Crippen LogP contribution in [0, 0.1) is 0 Å². The summed E-state index contributed by atoms with van der Waals surface area (Å²) in [6, 6.07) is 10.0. The van der Waals surface area contributed by atoms with Crippen molar-refractivity contribution in [3.8, 4) is 10.6 Å². The minimum absolute atomic E-state index is 0.0885. The fraction of sp³-hybridized carbons (Fsp3) is 0.400. The van der Waals surface area contributed by atoms with Crippen LogP contribution in [-0.4, -0.2) is 50.2 Å². The first-order valence-electron chi connectivity index (χ1n) is 9.73. The summed E-state index contributed by atoms with van der Waals surface area (Å²) < 4.78 is 2.26.